The first-order chi connectivity index (χ1) is 16.8. The van der Waals surface area contributed by atoms with Crippen molar-refractivity contribution in [3.63, 3.8) is 0 Å². The lowest BCUT2D eigenvalue weighted by molar-refractivity contribution is -0.137. The number of aliphatic carboxylic acids is 1. The fraction of sp³-hybridized carbons (Fsp3) is 0.458. The summed E-state index contributed by atoms with van der Waals surface area (Å²) < 4.78 is 18.9. The lowest BCUT2D eigenvalue weighted by atomic mass is 10.1. The Hall–Kier alpha value is -3.47. The summed E-state index contributed by atoms with van der Waals surface area (Å²) in [5, 5.41) is 9.19. The molecule has 1 saturated heterocycles. The first-order valence-corrected chi connectivity index (χ1v) is 11.7. The molecule has 1 N–H and O–H groups in total. The van der Waals surface area contributed by atoms with Gasteiger partial charge in [-0.2, -0.15) is 0 Å². The van der Waals surface area contributed by atoms with Gasteiger partial charge in [-0.15, -0.1) is 0 Å². The molecule has 1 aromatic heterocycles. The van der Waals surface area contributed by atoms with E-state index >= 15 is 0 Å². The maximum absolute atomic E-state index is 13.5. The number of hydrogen-bond donors (Lipinski definition) is 1. The predicted octanol–water partition coefficient (Wildman–Crippen LogP) is 3.36. The van der Waals surface area contributed by atoms with Gasteiger partial charge in [-0.25, -0.2) is 19.2 Å². The number of carbonyl (C=O) groups excluding carboxylic acids is 2. The summed E-state index contributed by atoms with van der Waals surface area (Å²) in [6.45, 7) is 8.27. The van der Waals surface area contributed by atoms with Crippen molar-refractivity contribution in [3.8, 4) is 0 Å². The first-order valence-electron chi connectivity index (χ1n) is 11.4. The van der Waals surface area contributed by atoms with Gasteiger partial charge in [0.25, 0.3) is 5.91 Å². The number of carboxylic acid groups (broad SMARTS) is 1. The molecule has 12 heteroatoms. The lowest BCUT2D eigenvalue weighted by Crippen LogP contribution is -2.50. The Morgan fingerprint density at radius 3 is 2.42 bits per heavy atom. The Bertz CT molecular complexity index is 1150. The van der Waals surface area contributed by atoms with Crippen LogP contribution in [0.25, 0.3) is 0 Å². The molecule has 1 aromatic carbocycles. The van der Waals surface area contributed by atoms with Crippen molar-refractivity contribution in [2.24, 2.45) is 0 Å². The van der Waals surface area contributed by atoms with E-state index < -0.39 is 29.8 Å². The van der Waals surface area contributed by atoms with Gasteiger partial charge in [-0.1, -0.05) is 17.7 Å². The van der Waals surface area contributed by atoms with Crippen molar-refractivity contribution in [3.05, 3.63) is 52.1 Å². The summed E-state index contributed by atoms with van der Waals surface area (Å²) in [6, 6.07) is 3.95. The second kappa shape index (κ2) is 11.1. The molecule has 36 heavy (non-hydrogen) atoms. The van der Waals surface area contributed by atoms with Crippen molar-refractivity contribution < 1.29 is 28.6 Å². The second-order valence-electron chi connectivity index (χ2n) is 9.43. The van der Waals surface area contributed by atoms with Gasteiger partial charge < -0.3 is 24.5 Å². The summed E-state index contributed by atoms with van der Waals surface area (Å²) in [5.41, 5.74) is 0.440. The van der Waals surface area contributed by atoms with Crippen LogP contribution in [-0.2, 0) is 16.1 Å². The van der Waals surface area contributed by atoms with Crippen LogP contribution in [0.4, 0.5) is 15.1 Å². The van der Waals surface area contributed by atoms with Crippen LogP contribution < -0.4 is 4.90 Å². The number of hydrogen-bond acceptors (Lipinski definition) is 7. The molecule has 1 fully saturated rings. The third-order valence-corrected chi connectivity index (χ3v) is 5.67. The summed E-state index contributed by atoms with van der Waals surface area (Å²) in [5.74, 6) is -1.97. The molecular formula is C24H29ClFN5O5. The summed E-state index contributed by atoms with van der Waals surface area (Å²) in [4.78, 5) is 50.3. The van der Waals surface area contributed by atoms with Gasteiger partial charge in [0, 0.05) is 38.9 Å². The molecule has 194 valence electrons. The summed E-state index contributed by atoms with van der Waals surface area (Å²) >= 11 is 5.82. The molecule has 1 aliphatic rings. The minimum absolute atomic E-state index is 0.0844. The molecule has 2 heterocycles. The van der Waals surface area contributed by atoms with E-state index in [0.29, 0.717) is 43.4 Å². The third kappa shape index (κ3) is 7.03. The Morgan fingerprint density at radius 1 is 1.19 bits per heavy atom. The molecule has 2 amide bonds. The van der Waals surface area contributed by atoms with Gasteiger partial charge in [0.1, 0.15) is 18.0 Å². The maximum Gasteiger partial charge on any atom is 0.410 e. The highest BCUT2D eigenvalue weighted by molar-refractivity contribution is 6.30. The van der Waals surface area contributed by atoms with Gasteiger partial charge in [-0.05, 0) is 45.4 Å². The Morgan fingerprint density at radius 2 is 1.86 bits per heavy atom. The van der Waals surface area contributed by atoms with Gasteiger partial charge in [0.15, 0.2) is 0 Å². The second-order valence-corrected chi connectivity index (χ2v) is 9.83. The topological polar surface area (TPSA) is 116 Å². The third-order valence-electron chi connectivity index (χ3n) is 5.38. The average molecular weight is 522 g/mol. The molecule has 1 aliphatic heterocycles. The van der Waals surface area contributed by atoms with Crippen molar-refractivity contribution in [2.75, 3.05) is 37.6 Å². The number of nitrogens with zero attached hydrogens (tertiary/aromatic N) is 5. The standard InChI is InChI=1S/C24H29ClFN5O5/c1-15-17(21(34)31(14-20(32)33)13-16-5-6-19(26)18(25)11-16)12-27-22(28-15)29-7-9-30(10-8-29)23(35)36-24(2,3)4/h5-6,11-12H,7-10,13-14H2,1-4H3,(H,32,33). The van der Waals surface area contributed by atoms with Crippen LogP contribution in [0.3, 0.4) is 0 Å². The lowest BCUT2D eigenvalue weighted by Gasteiger charge is -2.35. The average Bonchev–Trinajstić information content (AvgIpc) is 2.79. The van der Waals surface area contributed by atoms with Crippen molar-refractivity contribution in [1.29, 1.82) is 0 Å². The number of piperazine rings is 1. The maximum atomic E-state index is 13.5. The van der Waals surface area contributed by atoms with Gasteiger partial charge in [-0.3, -0.25) is 9.59 Å². The number of amides is 2. The van der Waals surface area contributed by atoms with E-state index in [1.54, 1.807) is 11.8 Å². The number of aromatic nitrogens is 2. The minimum atomic E-state index is -1.20. The monoisotopic (exact) mass is 521 g/mol. The number of anilines is 1. The highest BCUT2D eigenvalue weighted by Gasteiger charge is 2.28. The zero-order chi connectivity index (χ0) is 26.6. The largest absolute Gasteiger partial charge is 0.480 e. The molecule has 0 unspecified atom stereocenters. The fourth-order valence-corrected chi connectivity index (χ4v) is 3.83. The van der Waals surface area contributed by atoms with Crippen molar-refractivity contribution in [1.82, 2.24) is 19.8 Å². The number of aryl methyl sites for hydroxylation is 1. The van der Waals surface area contributed by atoms with E-state index in [-0.39, 0.29) is 23.2 Å². The van der Waals surface area contributed by atoms with E-state index in [0.717, 1.165) is 11.0 Å². The molecular weight excluding hydrogens is 493 g/mol. The zero-order valence-electron chi connectivity index (χ0n) is 20.6. The Balaban J connectivity index is 1.71. The van der Waals surface area contributed by atoms with E-state index in [4.69, 9.17) is 16.3 Å². The van der Waals surface area contributed by atoms with Crippen molar-refractivity contribution >= 4 is 35.5 Å². The molecule has 3 rings (SSSR count). The highest BCUT2D eigenvalue weighted by Crippen LogP contribution is 2.20. The van der Waals surface area contributed by atoms with Crippen LogP contribution in [0, 0.1) is 12.7 Å². The molecule has 0 bridgehead atoms. The number of carboxylic acids is 1. The zero-order valence-corrected chi connectivity index (χ0v) is 21.4. The van der Waals surface area contributed by atoms with E-state index in [1.165, 1.54) is 18.3 Å². The summed E-state index contributed by atoms with van der Waals surface area (Å²) in [7, 11) is 0. The van der Waals surface area contributed by atoms with Crippen LogP contribution >= 0.6 is 11.6 Å². The minimum Gasteiger partial charge on any atom is -0.480 e. The molecule has 0 aliphatic carbocycles. The van der Waals surface area contributed by atoms with E-state index in [2.05, 4.69) is 9.97 Å². The smallest absolute Gasteiger partial charge is 0.410 e. The number of benzene rings is 1. The molecule has 0 radical (unpaired) electrons. The molecule has 0 atom stereocenters. The Labute approximate surface area is 213 Å². The highest BCUT2D eigenvalue weighted by atomic mass is 35.5. The molecule has 2 aromatic rings. The molecule has 0 saturated carbocycles. The van der Waals surface area contributed by atoms with Crippen molar-refractivity contribution in [2.45, 2.75) is 39.8 Å². The van der Waals surface area contributed by atoms with Gasteiger partial charge in [0.05, 0.1) is 16.3 Å². The number of ether oxygens (including phenoxy) is 1. The van der Waals surface area contributed by atoms with E-state index in [1.807, 2.05) is 25.7 Å². The number of rotatable bonds is 6. The van der Waals surface area contributed by atoms with E-state index in [9.17, 15) is 23.9 Å². The summed E-state index contributed by atoms with van der Waals surface area (Å²) in [6.07, 6.45) is 0.994. The quantitative estimate of drug-likeness (QED) is 0.615. The van der Waals surface area contributed by atoms with Crippen LogP contribution in [0.15, 0.2) is 24.4 Å². The van der Waals surface area contributed by atoms with Gasteiger partial charge >= 0.3 is 12.1 Å². The van der Waals surface area contributed by atoms with Crippen LogP contribution in [0.5, 0.6) is 0 Å². The number of halogens is 2. The van der Waals surface area contributed by atoms with Crippen LogP contribution in [0.1, 0.15) is 42.4 Å². The SMILES string of the molecule is Cc1nc(N2CCN(C(=O)OC(C)(C)C)CC2)ncc1C(=O)N(CC(=O)O)Cc1ccc(F)c(Cl)c1. The Kier molecular flexibility index (Phi) is 8.34. The van der Waals surface area contributed by atoms with Crippen LogP contribution in [-0.4, -0.2) is 81.2 Å². The first kappa shape index (κ1) is 27.1. The van der Waals surface area contributed by atoms with Gasteiger partial charge in [0.2, 0.25) is 5.95 Å². The molecule has 10 nitrogen and oxygen atoms in total. The van der Waals surface area contributed by atoms with Crippen LogP contribution in [0.2, 0.25) is 5.02 Å². The number of carbonyl (C=O) groups is 3. The normalized spacial score (nSPS) is 13.9. The fourth-order valence-electron chi connectivity index (χ4n) is 3.62. The molecule has 0 spiro atoms. The predicted molar refractivity (Wildman–Crippen MR) is 131 cm³/mol.